The number of rotatable bonds is 10. The van der Waals surface area contributed by atoms with Crippen molar-refractivity contribution in [3.8, 4) is 5.75 Å². The summed E-state index contributed by atoms with van der Waals surface area (Å²) in [6.45, 7) is 8.59. The zero-order valence-electron chi connectivity index (χ0n) is 18.2. The summed E-state index contributed by atoms with van der Waals surface area (Å²) in [4.78, 5) is 25.6. The van der Waals surface area contributed by atoms with Crippen molar-refractivity contribution in [2.75, 3.05) is 18.5 Å². The molecule has 0 bridgehead atoms. The van der Waals surface area contributed by atoms with E-state index in [-0.39, 0.29) is 18.6 Å². The fourth-order valence-electron chi connectivity index (χ4n) is 3.48. The van der Waals surface area contributed by atoms with Crippen molar-refractivity contribution in [2.24, 2.45) is 0 Å². The fraction of sp³-hybridized carbons (Fsp3) is 0.652. The molecule has 29 heavy (non-hydrogen) atoms. The highest BCUT2D eigenvalue weighted by molar-refractivity contribution is 5.99. The van der Waals surface area contributed by atoms with Gasteiger partial charge in [0.2, 0.25) is 0 Å². The van der Waals surface area contributed by atoms with Crippen molar-refractivity contribution in [3.05, 3.63) is 23.8 Å². The van der Waals surface area contributed by atoms with Crippen molar-refractivity contribution < 1.29 is 23.8 Å². The van der Waals surface area contributed by atoms with Crippen LogP contribution in [0.1, 0.15) is 83.0 Å². The molecular weight excluding hydrogens is 370 g/mol. The van der Waals surface area contributed by atoms with Gasteiger partial charge in [-0.05, 0) is 57.7 Å². The molecule has 1 aliphatic carbocycles. The summed E-state index contributed by atoms with van der Waals surface area (Å²) < 4.78 is 17.1. The summed E-state index contributed by atoms with van der Waals surface area (Å²) in [5.41, 5.74) is 0.0706. The van der Waals surface area contributed by atoms with Gasteiger partial charge in [0.25, 0.3) is 5.91 Å². The molecule has 1 fully saturated rings. The molecule has 0 spiro atoms. The smallest absolute Gasteiger partial charge is 0.341 e. The summed E-state index contributed by atoms with van der Waals surface area (Å²) >= 11 is 0. The molecule has 1 aromatic rings. The van der Waals surface area contributed by atoms with E-state index in [0.717, 1.165) is 44.9 Å². The van der Waals surface area contributed by atoms with E-state index in [4.69, 9.17) is 14.2 Å². The van der Waals surface area contributed by atoms with E-state index >= 15 is 0 Å². The van der Waals surface area contributed by atoms with Crippen LogP contribution < -0.4 is 10.1 Å². The van der Waals surface area contributed by atoms with Gasteiger partial charge in [0.15, 0.2) is 0 Å². The lowest BCUT2D eigenvalue weighted by atomic mass is 9.83. The minimum Gasteiger partial charge on any atom is -0.490 e. The monoisotopic (exact) mass is 405 g/mol. The topological polar surface area (TPSA) is 73.9 Å². The number of anilines is 1. The van der Waals surface area contributed by atoms with Gasteiger partial charge in [-0.2, -0.15) is 0 Å². The van der Waals surface area contributed by atoms with Crippen LogP contribution in [0.5, 0.6) is 5.75 Å². The second-order valence-corrected chi connectivity index (χ2v) is 7.63. The Labute approximate surface area is 174 Å². The van der Waals surface area contributed by atoms with Crippen molar-refractivity contribution in [1.29, 1.82) is 0 Å². The first-order valence-electron chi connectivity index (χ1n) is 10.9. The fourth-order valence-corrected chi connectivity index (χ4v) is 3.48. The van der Waals surface area contributed by atoms with Crippen LogP contribution in [0.3, 0.4) is 0 Å². The molecule has 6 heteroatoms. The lowest BCUT2D eigenvalue weighted by molar-refractivity contribution is -0.146. The minimum atomic E-state index is -0.787. The third-order valence-corrected chi connectivity index (χ3v) is 5.29. The summed E-state index contributed by atoms with van der Waals surface area (Å²) in [6.07, 6.45) is 6.18. The summed E-state index contributed by atoms with van der Waals surface area (Å²) in [7, 11) is 0. The minimum absolute atomic E-state index is 0.0310. The lowest BCUT2D eigenvalue weighted by Gasteiger charge is -2.35. The Morgan fingerprint density at radius 3 is 2.48 bits per heavy atom. The normalized spacial score (nSPS) is 16.7. The predicted molar refractivity (Wildman–Crippen MR) is 113 cm³/mol. The molecule has 0 radical (unpaired) electrons. The molecule has 0 unspecified atom stereocenters. The van der Waals surface area contributed by atoms with Crippen molar-refractivity contribution in [2.45, 2.75) is 84.3 Å². The molecule has 1 N–H and O–H groups in total. The van der Waals surface area contributed by atoms with Crippen LogP contribution in [-0.2, 0) is 14.3 Å². The van der Waals surface area contributed by atoms with E-state index in [1.165, 1.54) is 0 Å². The van der Waals surface area contributed by atoms with E-state index in [2.05, 4.69) is 5.32 Å². The summed E-state index contributed by atoms with van der Waals surface area (Å²) in [5, 5.41) is 2.97. The average Bonchev–Trinajstić information content (AvgIpc) is 2.73. The van der Waals surface area contributed by atoms with Gasteiger partial charge in [0, 0.05) is 12.3 Å². The number of carbonyl (C=O) groups excluding carboxylic acids is 2. The van der Waals surface area contributed by atoms with Gasteiger partial charge in [-0.1, -0.05) is 33.1 Å². The maximum absolute atomic E-state index is 13.1. The first-order chi connectivity index (χ1) is 14.0. The Hall–Kier alpha value is -2.08. The number of hydrogen-bond acceptors (Lipinski definition) is 5. The number of hydrogen-bond donors (Lipinski definition) is 1. The van der Waals surface area contributed by atoms with Crippen LogP contribution >= 0.6 is 0 Å². The van der Waals surface area contributed by atoms with Gasteiger partial charge in [0.05, 0.1) is 12.7 Å². The van der Waals surface area contributed by atoms with Gasteiger partial charge in [-0.25, -0.2) is 4.79 Å². The van der Waals surface area contributed by atoms with E-state index in [1.54, 1.807) is 25.1 Å². The molecule has 1 saturated carbocycles. The number of benzene rings is 1. The van der Waals surface area contributed by atoms with E-state index in [0.29, 0.717) is 23.6 Å². The van der Waals surface area contributed by atoms with Crippen LogP contribution in [0.25, 0.3) is 0 Å². The number of nitrogens with one attached hydrogen (secondary N) is 1. The molecule has 0 saturated heterocycles. The standard InChI is InChI=1S/C23H35NO5/c1-5-15-28-23(13-9-8-10-14-23)22(26)24-18-11-12-20(29-17(4)6-2)19(16-18)21(25)27-7-3/h11-12,16-17H,5-10,13-15H2,1-4H3,(H,24,26)/t17-/m1/s1. The third-order valence-electron chi connectivity index (χ3n) is 5.29. The Kier molecular flexibility index (Phi) is 8.96. The molecule has 2 rings (SSSR count). The molecule has 1 atom stereocenters. The lowest BCUT2D eigenvalue weighted by Crippen LogP contribution is -2.47. The van der Waals surface area contributed by atoms with Crippen molar-refractivity contribution in [3.63, 3.8) is 0 Å². The van der Waals surface area contributed by atoms with Crippen LogP contribution in [0.4, 0.5) is 5.69 Å². The predicted octanol–water partition coefficient (Wildman–Crippen LogP) is 5.11. The van der Waals surface area contributed by atoms with E-state index < -0.39 is 11.6 Å². The molecule has 1 aromatic carbocycles. The SMILES string of the molecule is CCCOC1(C(=O)Nc2ccc(O[C@H](C)CC)c(C(=O)OCC)c2)CCCCC1. The van der Waals surface area contributed by atoms with E-state index in [9.17, 15) is 9.59 Å². The Balaban J connectivity index is 2.25. The maximum Gasteiger partial charge on any atom is 0.341 e. The van der Waals surface area contributed by atoms with Gasteiger partial charge >= 0.3 is 5.97 Å². The largest absolute Gasteiger partial charge is 0.490 e. The number of esters is 1. The highest BCUT2D eigenvalue weighted by atomic mass is 16.5. The third kappa shape index (κ3) is 6.20. The van der Waals surface area contributed by atoms with Gasteiger partial charge in [-0.3, -0.25) is 4.79 Å². The maximum atomic E-state index is 13.1. The Morgan fingerprint density at radius 2 is 1.86 bits per heavy atom. The number of amides is 1. The van der Waals surface area contributed by atoms with Crippen LogP contribution in [0.15, 0.2) is 18.2 Å². The molecule has 162 valence electrons. The second kappa shape index (κ2) is 11.2. The van der Waals surface area contributed by atoms with Gasteiger partial charge in [-0.15, -0.1) is 0 Å². The molecule has 0 heterocycles. The zero-order chi connectivity index (χ0) is 21.3. The van der Waals surface area contributed by atoms with Crippen molar-refractivity contribution in [1.82, 2.24) is 0 Å². The van der Waals surface area contributed by atoms with Crippen molar-refractivity contribution >= 4 is 17.6 Å². The zero-order valence-corrected chi connectivity index (χ0v) is 18.2. The number of carbonyl (C=O) groups is 2. The highest BCUT2D eigenvalue weighted by Crippen LogP contribution is 2.34. The van der Waals surface area contributed by atoms with Crippen LogP contribution in [0.2, 0.25) is 0 Å². The molecular formula is C23H35NO5. The summed E-state index contributed by atoms with van der Waals surface area (Å²) in [5.74, 6) is -0.141. The Morgan fingerprint density at radius 1 is 1.14 bits per heavy atom. The van der Waals surface area contributed by atoms with Crippen LogP contribution in [-0.4, -0.2) is 36.8 Å². The molecule has 0 aliphatic heterocycles. The molecule has 1 aliphatic rings. The molecule has 1 amide bonds. The average molecular weight is 406 g/mol. The second-order valence-electron chi connectivity index (χ2n) is 7.63. The van der Waals surface area contributed by atoms with E-state index in [1.807, 2.05) is 20.8 Å². The van der Waals surface area contributed by atoms with Crippen LogP contribution in [0, 0.1) is 0 Å². The first-order valence-corrected chi connectivity index (χ1v) is 10.9. The Bertz CT molecular complexity index is 682. The highest BCUT2D eigenvalue weighted by Gasteiger charge is 2.40. The van der Waals surface area contributed by atoms with Gasteiger partial charge in [0.1, 0.15) is 16.9 Å². The molecule has 0 aromatic heterocycles. The number of ether oxygens (including phenoxy) is 3. The van der Waals surface area contributed by atoms with Gasteiger partial charge < -0.3 is 19.5 Å². The first kappa shape index (κ1) is 23.2. The quantitative estimate of drug-likeness (QED) is 0.548. The summed E-state index contributed by atoms with van der Waals surface area (Å²) in [6, 6.07) is 5.10. The molecule has 6 nitrogen and oxygen atoms in total.